The van der Waals surface area contributed by atoms with Gasteiger partial charge in [0, 0.05) is 11.3 Å². The summed E-state index contributed by atoms with van der Waals surface area (Å²) in [5.74, 6) is 0.955. The monoisotopic (exact) mass is 269 g/mol. The Morgan fingerprint density at radius 2 is 1.62 bits per heavy atom. The summed E-state index contributed by atoms with van der Waals surface area (Å²) in [7, 11) is 0. The molecule has 0 bridgehead atoms. The highest BCUT2D eigenvalue weighted by molar-refractivity contribution is 5.83. The topological polar surface area (TPSA) is 17.8 Å². The Morgan fingerprint density at radius 1 is 0.810 bits per heavy atom. The van der Waals surface area contributed by atoms with Crippen molar-refractivity contribution >= 4 is 11.0 Å². The molecule has 99 valence electrons. The molecule has 0 fully saturated rings. The lowest BCUT2D eigenvalue weighted by molar-refractivity contribution is 1.10. The van der Waals surface area contributed by atoms with Crippen molar-refractivity contribution in [2.45, 2.75) is 0 Å². The molecule has 1 heterocycles. The van der Waals surface area contributed by atoms with Crippen LogP contribution < -0.4 is 0 Å². The zero-order valence-electron chi connectivity index (χ0n) is 11.4. The van der Waals surface area contributed by atoms with Gasteiger partial charge < -0.3 is 0 Å². The van der Waals surface area contributed by atoms with Crippen LogP contribution in [-0.2, 0) is 0 Å². The fourth-order valence-corrected chi connectivity index (χ4v) is 2.59. The molecule has 2 nitrogen and oxygen atoms in total. The molecular formula is C19H13N2. The van der Waals surface area contributed by atoms with Gasteiger partial charge in [-0.15, -0.1) is 0 Å². The number of fused-ring (bicyclic) bond motifs is 1. The molecule has 0 unspecified atom stereocenters. The molecule has 3 aromatic carbocycles. The average Bonchev–Trinajstić information content (AvgIpc) is 2.96. The maximum absolute atomic E-state index is 4.81. The Morgan fingerprint density at radius 3 is 2.43 bits per heavy atom. The van der Waals surface area contributed by atoms with Crippen LogP contribution in [0.2, 0.25) is 0 Å². The predicted octanol–water partition coefficient (Wildman–Crippen LogP) is 4.49. The summed E-state index contributed by atoms with van der Waals surface area (Å²) in [5.41, 5.74) is 4.29. The quantitative estimate of drug-likeness (QED) is 0.524. The zero-order chi connectivity index (χ0) is 14.1. The van der Waals surface area contributed by atoms with Gasteiger partial charge in [-0.25, -0.2) is 4.98 Å². The van der Waals surface area contributed by atoms with Crippen molar-refractivity contribution in [2.24, 2.45) is 0 Å². The molecule has 0 saturated carbocycles. The Bertz CT molecular complexity index is 877. The van der Waals surface area contributed by atoms with Crippen molar-refractivity contribution in [2.75, 3.05) is 0 Å². The fourth-order valence-electron chi connectivity index (χ4n) is 2.59. The van der Waals surface area contributed by atoms with E-state index in [1.54, 1.807) is 0 Å². The van der Waals surface area contributed by atoms with Crippen molar-refractivity contribution < 1.29 is 0 Å². The van der Waals surface area contributed by atoms with Gasteiger partial charge in [0.2, 0.25) is 0 Å². The van der Waals surface area contributed by atoms with E-state index in [1.165, 1.54) is 0 Å². The molecule has 1 aromatic heterocycles. The molecule has 1 radical (unpaired) electrons. The Labute approximate surface area is 123 Å². The highest BCUT2D eigenvalue weighted by Crippen LogP contribution is 2.28. The lowest BCUT2D eigenvalue weighted by atomic mass is 10.2. The minimum atomic E-state index is 0.955. The molecule has 0 spiro atoms. The normalized spacial score (nSPS) is 10.9. The van der Waals surface area contributed by atoms with Crippen LogP contribution in [0.4, 0.5) is 0 Å². The summed E-state index contributed by atoms with van der Waals surface area (Å²) >= 11 is 0. The van der Waals surface area contributed by atoms with Crippen LogP contribution in [-0.4, -0.2) is 9.55 Å². The number of hydrogen-bond donors (Lipinski definition) is 0. The molecule has 0 atom stereocenters. The third kappa shape index (κ3) is 2.01. The molecule has 4 aromatic rings. The van der Waals surface area contributed by atoms with E-state index in [0.29, 0.717) is 0 Å². The van der Waals surface area contributed by atoms with Crippen molar-refractivity contribution in [3.63, 3.8) is 0 Å². The van der Waals surface area contributed by atoms with Crippen LogP contribution in [0.3, 0.4) is 0 Å². The van der Waals surface area contributed by atoms with Gasteiger partial charge in [-0.1, -0.05) is 54.6 Å². The summed E-state index contributed by atoms with van der Waals surface area (Å²) < 4.78 is 2.18. The first-order valence-corrected chi connectivity index (χ1v) is 6.93. The number of para-hydroxylation sites is 2. The van der Waals surface area contributed by atoms with E-state index in [9.17, 15) is 0 Å². The largest absolute Gasteiger partial charge is 0.292 e. The van der Waals surface area contributed by atoms with Gasteiger partial charge in [0.05, 0.1) is 11.0 Å². The second kappa shape index (κ2) is 4.91. The van der Waals surface area contributed by atoms with Crippen LogP contribution in [0, 0.1) is 6.07 Å². The Hall–Kier alpha value is -2.87. The summed E-state index contributed by atoms with van der Waals surface area (Å²) in [4.78, 5) is 4.81. The van der Waals surface area contributed by atoms with E-state index < -0.39 is 0 Å². The molecule has 2 heteroatoms. The highest BCUT2D eigenvalue weighted by Gasteiger charge is 2.13. The minimum absolute atomic E-state index is 0.955. The Kier molecular flexibility index (Phi) is 2.79. The summed E-state index contributed by atoms with van der Waals surface area (Å²) in [6.07, 6.45) is 0. The first-order valence-electron chi connectivity index (χ1n) is 6.93. The van der Waals surface area contributed by atoms with Crippen molar-refractivity contribution in [3.8, 4) is 17.1 Å². The lowest BCUT2D eigenvalue weighted by Crippen LogP contribution is -1.96. The number of rotatable bonds is 2. The van der Waals surface area contributed by atoms with Crippen LogP contribution in [0.5, 0.6) is 0 Å². The van der Waals surface area contributed by atoms with Crippen LogP contribution >= 0.6 is 0 Å². The number of hydrogen-bond acceptors (Lipinski definition) is 1. The SMILES string of the molecule is [c]1cccc(-n2c(-c3ccccc3)nc3ccccc32)c1. The molecule has 0 amide bonds. The minimum Gasteiger partial charge on any atom is -0.292 e. The maximum Gasteiger partial charge on any atom is 0.145 e. The second-order valence-corrected chi connectivity index (χ2v) is 4.89. The summed E-state index contributed by atoms with van der Waals surface area (Å²) in [6.45, 7) is 0. The Balaban J connectivity index is 2.07. The lowest BCUT2D eigenvalue weighted by Gasteiger charge is -2.09. The molecule has 0 N–H and O–H groups in total. The number of aromatic nitrogens is 2. The van der Waals surface area contributed by atoms with Crippen molar-refractivity contribution in [3.05, 3.63) is 84.9 Å². The van der Waals surface area contributed by atoms with E-state index in [-0.39, 0.29) is 0 Å². The summed E-state index contributed by atoms with van der Waals surface area (Å²) in [5, 5.41) is 0. The van der Waals surface area contributed by atoms with E-state index in [4.69, 9.17) is 4.98 Å². The number of imidazole rings is 1. The first-order chi connectivity index (χ1) is 10.4. The van der Waals surface area contributed by atoms with Gasteiger partial charge >= 0.3 is 0 Å². The molecule has 21 heavy (non-hydrogen) atoms. The van der Waals surface area contributed by atoms with Gasteiger partial charge in [-0.2, -0.15) is 0 Å². The molecule has 0 aliphatic heterocycles. The molecule has 0 aliphatic carbocycles. The fraction of sp³-hybridized carbons (Fsp3) is 0. The third-order valence-electron chi connectivity index (χ3n) is 3.54. The van der Waals surface area contributed by atoms with Crippen LogP contribution in [0.15, 0.2) is 78.9 Å². The third-order valence-corrected chi connectivity index (χ3v) is 3.54. The average molecular weight is 269 g/mol. The molecule has 0 saturated heterocycles. The molecular weight excluding hydrogens is 256 g/mol. The first kappa shape index (κ1) is 11.9. The smallest absolute Gasteiger partial charge is 0.145 e. The van der Waals surface area contributed by atoms with Gasteiger partial charge in [-0.3, -0.25) is 4.57 Å². The second-order valence-electron chi connectivity index (χ2n) is 4.89. The van der Waals surface area contributed by atoms with E-state index in [0.717, 1.165) is 28.1 Å². The van der Waals surface area contributed by atoms with Crippen molar-refractivity contribution in [1.29, 1.82) is 0 Å². The van der Waals surface area contributed by atoms with E-state index >= 15 is 0 Å². The van der Waals surface area contributed by atoms with Gasteiger partial charge in [-0.05, 0) is 30.3 Å². The van der Waals surface area contributed by atoms with Gasteiger partial charge in [0.1, 0.15) is 5.82 Å². The van der Waals surface area contributed by atoms with Gasteiger partial charge in [0.15, 0.2) is 0 Å². The summed E-state index contributed by atoms with van der Waals surface area (Å²) in [6, 6.07) is 29.6. The van der Waals surface area contributed by atoms with E-state index in [1.807, 2.05) is 54.6 Å². The maximum atomic E-state index is 4.81. The van der Waals surface area contributed by atoms with E-state index in [2.05, 4.69) is 34.9 Å². The molecule has 4 rings (SSSR count). The van der Waals surface area contributed by atoms with Crippen molar-refractivity contribution in [1.82, 2.24) is 9.55 Å². The zero-order valence-corrected chi connectivity index (χ0v) is 11.4. The predicted molar refractivity (Wildman–Crippen MR) is 85.3 cm³/mol. The van der Waals surface area contributed by atoms with Crippen LogP contribution in [0.25, 0.3) is 28.1 Å². The highest BCUT2D eigenvalue weighted by atomic mass is 15.1. The van der Waals surface area contributed by atoms with Gasteiger partial charge in [0.25, 0.3) is 0 Å². The van der Waals surface area contributed by atoms with Crippen LogP contribution in [0.1, 0.15) is 0 Å². The number of nitrogens with zero attached hydrogens (tertiary/aromatic N) is 2. The standard InChI is InChI=1S/C19H13N2/c1-3-9-15(10-4-1)19-20-17-13-7-8-14-18(17)21(19)16-11-5-2-6-12-16/h1-5,7-14H. The number of benzene rings is 3. The molecule has 0 aliphatic rings.